The van der Waals surface area contributed by atoms with E-state index >= 15 is 0 Å². The second kappa shape index (κ2) is 8.27. The SMILES string of the molecule is O=C(OCC(=O)c1c[nH]c2ccccc12)c1ccc(OC[C@H]2CCCO2)cc1. The minimum Gasteiger partial charge on any atom is -0.491 e. The smallest absolute Gasteiger partial charge is 0.338 e. The van der Waals surface area contributed by atoms with Crippen LogP contribution in [0, 0.1) is 0 Å². The average Bonchev–Trinajstić information content (AvgIpc) is 3.40. The van der Waals surface area contributed by atoms with Crippen molar-refractivity contribution < 1.29 is 23.8 Å². The number of ether oxygens (including phenoxy) is 3. The first-order valence-corrected chi connectivity index (χ1v) is 9.31. The van der Waals surface area contributed by atoms with Crippen LogP contribution in [0.25, 0.3) is 10.9 Å². The van der Waals surface area contributed by atoms with Crippen LogP contribution in [0.2, 0.25) is 0 Å². The molecule has 1 aromatic heterocycles. The first kappa shape index (κ1) is 18.3. The maximum Gasteiger partial charge on any atom is 0.338 e. The molecule has 3 aromatic rings. The Bertz CT molecular complexity index is 970. The van der Waals surface area contributed by atoms with Crippen molar-refractivity contribution in [3.63, 3.8) is 0 Å². The highest BCUT2D eigenvalue weighted by molar-refractivity contribution is 6.09. The molecule has 1 N–H and O–H groups in total. The molecule has 0 bridgehead atoms. The molecule has 4 rings (SSSR count). The molecule has 0 spiro atoms. The summed E-state index contributed by atoms with van der Waals surface area (Å²) in [7, 11) is 0. The Labute approximate surface area is 162 Å². The Morgan fingerprint density at radius 3 is 2.71 bits per heavy atom. The molecule has 6 nitrogen and oxygen atoms in total. The number of aromatic nitrogens is 1. The fourth-order valence-corrected chi connectivity index (χ4v) is 3.25. The molecule has 0 unspecified atom stereocenters. The number of nitrogens with one attached hydrogen (secondary N) is 1. The molecule has 2 heterocycles. The largest absolute Gasteiger partial charge is 0.491 e. The second-order valence-corrected chi connectivity index (χ2v) is 6.72. The van der Waals surface area contributed by atoms with E-state index in [4.69, 9.17) is 14.2 Å². The standard InChI is InChI=1S/C22H21NO5/c24-21(19-12-23-20-6-2-1-5-18(19)20)14-28-22(25)15-7-9-16(10-8-15)27-13-17-4-3-11-26-17/h1-2,5-10,12,17,23H,3-4,11,13-14H2/t17-/m1/s1. The molecular weight excluding hydrogens is 358 g/mol. The molecule has 0 radical (unpaired) electrons. The average molecular weight is 379 g/mol. The number of Topliss-reactive ketones (excluding diaryl/α,β-unsaturated/α-hetero) is 1. The summed E-state index contributed by atoms with van der Waals surface area (Å²) in [5.41, 5.74) is 1.76. The summed E-state index contributed by atoms with van der Waals surface area (Å²) in [5, 5.41) is 0.816. The van der Waals surface area contributed by atoms with Crippen LogP contribution >= 0.6 is 0 Å². The van der Waals surface area contributed by atoms with Crippen LogP contribution in [0.3, 0.4) is 0 Å². The van der Waals surface area contributed by atoms with Crippen LogP contribution in [-0.4, -0.2) is 42.7 Å². The van der Waals surface area contributed by atoms with E-state index in [1.54, 1.807) is 30.5 Å². The van der Waals surface area contributed by atoms with Gasteiger partial charge in [0.2, 0.25) is 5.78 Å². The summed E-state index contributed by atoms with van der Waals surface area (Å²) >= 11 is 0. The van der Waals surface area contributed by atoms with E-state index in [1.165, 1.54) is 0 Å². The Hall–Kier alpha value is -3.12. The number of hydrogen-bond acceptors (Lipinski definition) is 5. The Morgan fingerprint density at radius 2 is 1.93 bits per heavy atom. The van der Waals surface area contributed by atoms with Crippen molar-refractivity contribution in [1.29, 1.82) is 0 Å². The molecule has 1 fully saturated rings. The Kier molecular flexibility index (Phi) is 5.39. The molecule has 2 aromatic carbocycles. The molecule has 0 aliphatic carbocycles. The molecule has 1 saturated heterocycles. The van der Waals surface area contributed by atoms with E-state index in [2.05, 4.69) is 4.98 Å². The minimum absolute atomic E-state index is 0.139. The molecular formula is C22H21NO5. The van der Waals surface area contributed by atoms with Crippen molar-refractivity contribution in [3.05, 3.63) is 65.9 Å². The quantitative estimate of drug-likeness (QED) is 0.499. The van der Waals surface area contributed by atoms with Crippen LogP contribution in [0.5, 0.6) is 5.75 Å². The van der Waals surface area contributed by atoms with Crippen molar-refractivity contribution in [2.24, 2.45) is 0 Å². The number of carbonyl (C=O) groups excluding carboxylic acids is 2. The first-order chi connectivity index (χ1) is 13.7. The lowest BCUT2D eigenvalue weighted by Crippen LogP contribution is -2.16. The van der Waals surface area contributed by atoms with Gasteiger partial charge in [0, 0.05) is 29.3 Å². The van der Waals surface area contributed by atoms with Gasteiger partial charge in [0.15, 0.2) is 6.61 Å². The zero-order valence-corrected chi connectivity index (χ0v) is 15.4. The van der Waals surface area contributed by atoms with Crippen molar-refractivity contribution >= 4 is 22.7 Å². The predicted molar refractivity (Wildman–Crippen MR) is 104 cm³/mol. The van der Waals surface area contributed by atoms with E-state index in [1.807, 2.05) is 24.3 Å². The van der Waals surface area contributed by atoms with Crippen LogP contribution < -0.4 is 4.74 Å². The van der Waals surface area contributed by atoms with E-state index in [0.717, 1.165) is 30.4 Å². The predicted octanol–water partition coefficient (Wildman–Crippen LogP) is 3.77. The van der Waals surface area contributed by atoms with E-state index in [0.29, 0.717) is 23.5 Å². The summed E-state index contributed by atoms with van der Waals surface area (Å²) in [6, 6.07) is 14.2. The summed E-state index contributed by atoms with van der Waals surface area (Å²) < 4.78 is 16.4. The van der Waals surface area contributed by atoms with Crippen LogP contribution in [0.15, 0.2) is 54.7 Å². The normalized spacial score (nSPS) is 16.2. The number of ketones is 1. The van der Waals surface area contributed by atoms with Gasteiger partial charge in [0.05, 0.1) is 11.7 Å². The van der Waals surface area contributed by atoms with E-state index in [-0.39, 0.29) is 18.5 Å². The number of aromatic amines is 1. The summed E-state index contributed by atoms with van der Waals surface area (Å²) in [4.78, 5) is 27.7. The van der Waals surface area contributed by atoms with Crippen molar-refractivity contribution in [2.45, 2.75) is 18.9 Å². The van der Waals surface area contributed by atoms with Gasteiger partial charge in [0.25, 0.3) is 0 Å². The lowest BCUT2D eigenvalue weighted by atomic mass is 10.1. The zero-order chi connectivity index (χ0) is 19.3. The number of hydrogen-bond donors (Lipinski definition) is 1. The molecule has 6 heteroatoms. The molecule has 1 aliphatic rings. The van der Waals surface area contributed by atoms with Crippen LogP contribution in [0.1, 0.15) is 33.6 Å². The molecule has 1 aliphatic heterocycles. The minimum atomic E-state index is -0.543. The lowest BCUT2D eigenvalue weighted by Gasteiger charge is -2.11. The van der Waals surface area contributed by atoms with Gasteiger partial charge in [-0.3, -0.25) is 4.79 Å². The van der Waals surface area contributed by atoms with Crippen molar-refractivity contribution in [2.75, 3.05) is 19.8 Å². The third kappa shape index (κ3) is 4.07. The lowest BCUT2D eigenvalue weighted by molar-refractivity contribution is 0.0475. The number of rotatable bonds is 7. The number of carbonyl (C=O) groups is 2. The number of H-pyrrole nitrogens is 1. The highest BCUT2D eigenvalue weighted by Crippen LogP contribution is 2.19. The van der Waals surface area contributed by atoms with Gasteiger partial charge in [-0.2, -0.15) is 0 Å². The summed E-state index contributed by atoms with van der Waals surface area (Å²) in [5.74, 6) is -0.122. The van der Waals surface area contributed by atoms with Crippen LogP contribution in [-0.2, 0) is 9.47 Å². The molecule has 0 saturated carbocycles. The van der Waals surface area contributed by atoms with Gasteiger partial charge >= 0.3 is 5.97 Å². The number of benzene rings is 2. The maximum atomic E-state index is 12.4. The monoisotopic (exact) mass is 379 g/mol. The molecule has 0 amide bonds. The Balaban J connectivity index is 1.31. The van der Waals surface area contributed by atoms with Crippen molar-refractivity contribution in [3.8, 4) is 5.75 Å². The number of fused-ring (bicyclic) bond motifs is 1. The highest BCUT2D eigenvalue weighted by atomic mass is 16.5. The first-order valence-electron chi connectivity index (χ1n) is 9.31. The summed E-state index contributed by atoms with van der Waals surface area (Å²) in [6.45, 7) is 0.983. The third-order valence-corrected chi connectivity index (χ3v) is 4.77. The second-order valence-electron chi connectivity index (χ2n) is 6.72. The van der Waals surface area contributed by atoms with Gasteiger partial charge in [-0.05, 0) is 43.2 Å². The number of esters is 1. The van der Waals surface area contributed by atoms with E-state index < -0.39 is 5.97 Å². The molecule has 144 valence electrons. The summed E-state index contributed by atoms with van der Waals surface area (Å²) in [6.07, 6.45) is 3.85. The van der Waals surface area contributed by atoms with Gasteiger partial charge < -0.3 is 19.2 Å². The van der Waals surface area contributed by atoms with Gasteiger partial charge in [-0.25, -0.2) is 4.79 Å². The molecule has 1 atom stereocenters. The molecule has 28 heavy (non-hydrogen) atoms. The Morgan fingerprint density at radius 1 is 1.11 bits per heavy atom. The fraction of sp³-hybridized carbons (Fsp3) is 0.273. The maximum absolute atomic E-state index is 12.4. The highest BCUT2D eigenvalue weighted by Gasteiger charge is 2.17. The van der Waals surface area contributed by atoms with Gasteiger partial charge in [-0.15, -0.1) is 0 Å². The topological polar surface area (TPSA) is 77.6 Å². The number of para-hydroxylation sites is 1. The van der Waals surface area contributed by atoms with Crippen LogP contribution in [0.4, 0.5) is 0 Å². The zero-order valence-electron chi connectivity index (χ0n) is 15.4. The van der Waals surface area contributed by atoms with Gasteiger partial charge in [-0.1, -0.05) is 18.2 Å². The van der Waals surface area contributed by atoms with Crippen molar-refractivity contribution in [1.82, 2.24) is 4.98 Å². The fourth-order valence-electron chi connectivity index (χ4n) is 3.25. The van der Waals surface area contributed by atoms with E-state index in [9.17, 15) is 9.59 Å². The van der Waals surface area contributed by atoms with Gasteiger partial charge in [0.1, 0.15) is 12.4 Å². The third-order valence-electron chi connectivity index (χ3n) is 4.77.